The zero-order valence-corrected chi connectivity index (χ0v) is 12.1. The van der Waals surface area contributed by atoms with Crippen molar-refractivity contribution in [2.24, 2.45) is 0 Å². The van der Waals surface area contributed by atoms with E-state index >= 15 is 0 Å². The number of nitrogens with zero attached hydrogens (tertiary/aromatic N) is 1. The fraction of sp³-hybridized carbons (Fsp3) is 0.600. The highest BCUT2D eigenvalue weighted by Gasteiger charge is 2.39. The van der Waals surface area contributed by atoms with Gasteiger partial charge >= 0.3 is 0 Å². The van der Waals surface area contributed by atoms with Gasteiger partial charge < -0.3 is 23.8 Å². The van der Waals surface area contributed by atoms with Gasteiger partial charge in [-0.3, -0.25) is 0 Å². The van der Waals surface area contributed by atoms with E-state index in [4.69, 9.17) is 18.9 Å². The van der Waals surface area contributed by atoms with Crippen molar-refractivity contribution in [3.05, 3.63) is 18.2 Å². The molecule has 1 aromatic carbocycles. The topological polar surface area (TPSA) is 40.2 Å². The number of piperidine rings is 1. The molecule has 0 bridgehead atoms. The van der Waals surface area contributed by atoms with E-state index in [2.05, 4.69) is 4.90 Å². The monoisotopic (exact) mass is 279 g/mol. The molecular formula is C15H21NO4. The highest BCUT2D eigenvalue weighted by molar-refractivity contribution is 5.56. The van der Waals surface area contributed by atoms with Crippen LogP contribution in [0.15, 0.2) is 18.2 Å². The summed E-state index contributed by atoms with van der Waals surface area (Å²) in [5, 5.41) is 0. The smallest absolute Gasteiger partial charge is 0.171 e. The molecule has 0 amide bonds. The highest BCUT2D eigenvalue weighted by atomic mass is 16.7. The SMILES string of the molecule is COc1cc(OC)cc(N2CCC3(CC2)OCCO3)c1. The van der Waals surface area contributed by atoms with Crippen LogP contribution in [0.5, 0.6) is 11.5 Å². The number of hydrogen-bond acceptors (Lipinski definition) is 5. The van der Waals surface area contributed by atoms with Crippen LogP contribution in [0.2, 0.25) is 0 Å². The first kappa shape index (κ1) is 13.5. The second kappa shape index (κ2) is 5.50. The first-order valence-corrected chi connectivity index (χ1v) is 7.01. The van der Waals surface area contributed by atoms with Gasteiger partial charge in [0.25, 0.3) is 0 Å². The van der Waals surface area contributed by atoms with Gasteiger partial charge in [-0.2, -0.15) is 0 Å². The van der Waals surface area contributed by atoms with Crippen molar-refractivity contribution in [1.82, 2.24) is 0 Å². The lowest BCUT2D eigenvalue weighted by atomic mass is 10.0. The number of methoxy groups -OCH3 is 2. The molecule has 3 rings (SSSR count). The van der Waals surface area contributed by atoms with E-state index in [-0.39, 0.29) is 5.79 Å². The maximum Gasteiger partial charge on any atom is 0.171 e. The maximum atomic E-state index is 5.76. The first-order chi connectivity index (χ1) is 9.74. The summed E-state index contributed by atoms with van der Waals surface area (Å²) >= 11 is 0. The van der Waals surface area contributed by atoms with Crippen molar-refractivity contribution in [3.8, 4) is 11.5 Å². The second-order valence-corrected chi connectivity index (χ2v) is 5.17. The molecule has 2 aliphatic heterocycles. The third kappa shape index (κ3) is 2.55. The van der Waals surface area contributed by atoms with Crippen LogP contribution in [-0.2, 0) is 9.47 Å². The molecule has 0 atom stereocenters. The van der Waals surface area contributed by atoms with Crippen LogP contribution < -0.4 is 14.4 Å². The Balaban J connectivity index is 1.74. The minimum Gasteiger partial charge on any atom is -0.497 e. The van der Waals surface area contributed by atoms with Crippen LogP contribution >= 0.6 is 0 Å². The zero-order chi connectivity index (χ0) is 14.0. The van der Waals surface area contributed by atoms with Crippen LogP contribution in [0.3, 0.4) is 0 Å². The Morgan fingerprint density at radius 3 is 2.00 bits per heavy atom. The van der Waals surface area contributed by atoms with E-state index in [1.807, 2.05) is 18.2 Å². The Morgan fingerprint density at radius 1 is 0.950 bits per heavy atom. The Kier molecular flexibility index (Phi) is 3.72. The summed E-state index contributed by atoms with van der Waals surface area (Å²) in [6.07, 6.45) is 1.79. The molecule has 2 heterocycles. The number of benzene rings is 1. The summed E-state index contributed by atoms with van der Waals surface area (Å²) in [5.41, 5.74) is 1.12. The molecular weight excluding hydrogens is 258 g/mol. The third-order valence-electron chi connectivity index (χ3n) is 4.04. The van der Waals surface area contributed by atoms with Crippen LogP contribution in [0.25, 0.3) is 0 Å². The molecule has 5 nitrogen and oxygen atoms in total. The zero-order valence-electron chi connectivity index (χ0n) is 12.1. The molecule has 2 saturated heterocycles. The van der Waals surface area contributed by atoms with Gasteiger partial charge in [0.15, 0.2) is 5.79 Å². The molecule has 110 valence electrons. The highest BCUT2D eigenvalue weighted by Crippen LogP contribution is 2.35. The average molecular weight is 279 g/mol. The Hall–Kier alpha value is -1.46. The molecule has 0 unspecified atom stereocenters. The lowest BCUT2D eigenvalue weighted by Gasteiger charge is -2.38. The van der Waals surface area contributed by atoms with E-state index < -0.39 is 0 Å². The van der Waals surface area contributed by atoms with Gasteiger partial charge in [-0.05, 0) is 0 Å². The number of anilines is 1. The van der Waals surface area contributed by atoms with Gasteiger partial charge in [0, 0.05) is 49.8 Å². The average Bonchev–Trinajstić information content (AvgIpc) is 2.95. The Labute approximate surface area is 119 Å². The van der Waals surface area contributed by atoms with Gasteiger partial charge in [-0.15, -0.1) is 0 Å². The lowest BCUT2D eigenvalue weighted by molar-refractivity contribution is -0.169. The molecule has 0 aliphatic carbocycles. The van der Waals surface area contributed by atoms with Crippen molar-refractivity contribution >= 4 is 5.69 Å². The fourth-order valence-electron chi connectivity index (χ4n) is 2.87. The largest absolute Gasteiger partial charge is 0.497 e. The van der Waals surface area contributed by atoms with Crippen LogP contribution in [0.1, 0.15) is 12.8 Å². The van der Waals surface area contributed by atoms with Crippen molar-refractivity contribution in [2.75, 3.05) is 45.4 Å². The molecule has 5 heteroatoms. The first-order valence-electron chi connectivity index (χ1n) is 7.01. The maximum absolute atomic E-state index is 5.76. The van der Waals surface area contributed by atoms with Crippen LogP contribution in [-0.4, -0.2) is 46.3 Å². The summed E-state index contributed by atoms with van der Waals surface area (Å²) in [5.74, 6) is 1.29. The van der Waals surface area contributed by atoms with Crippen molar-refractivity contribution < 1.29 is 18.9 Å². The molecule has 2 fully saturated rings. The number of hydrogen-bond donors (Lipinski definition) is 0. The molecule has 2 aliphatic rings. The van der Waals surface area contributed by atoms with Crippen molar-refractivity contribution in [2.45, 2.75) is 18.6 Å². The predicted octanol–water partition coefficient (Wildman–Crippen LogP) is 2.05. The summed E-state index contributed by atoms with van der Waals surface area (Å²) < 4.78 is 22.2. The molecule has 0 radical (unpaired) electrons. The van der Waals surface area contributed by atoms with Crippen molar-refractivity contribution in [1.29, 1.82) is 0 Å². The Morgan fingerprint density at radius 2 is 1.50 bits per heavy atom. The third-order valence-corrected chi connectivity index (χ3v) is 4.04. The van der Waals surface area contributed by atoms with Crippen LogP contribution in [0.4, 0.5) is 5.69 Å². The van der Waals surface area contributed by atoms with Gasteiger partial charge in [-0.1, -0.05) is 0 Å². The molecule has 0 N–H and O–H groups in total. The second-order valence-electron chi connectivity index (χ2n) is 5.17. The molecule has 1 spiro atoms. The quantitative estimate of drug-likeness (QED) is 0.847. The van der Waals surface area contributed by atoms with Gasteiger partial charge in [0.2, 0.25) is 0 Å². The van der Waals surface area contributed by atoms with Crippen molar-refractivity contribution in [3.63, 3.8) is 0 Å². The summed E-state index contributed by atoms with van der Waals surface area (Å²) in [6.45, 7) is 3.26. The van der Waals surface area contributed by atoms with E-state index in [0.717, 1.165) is 43.1 Å². The molecule has 20 heavy (non-hydrogen) atoms. The lowest BCUT2D eigenvalue weighted by Crippen LogP contribution is -2.45. The minimum absolute atomic E-state index is 0.334. The van der Waals surface area contributed by atoms with Crippen LogP contribution in [0, 0.1) is 0 Å². The molecule has 0 aromatic heterocycles. The molecule has 1 aromatic rings. The summed E-state index contributed by atoms with van der Waals surface area (Å²) in [6, 6.07) is 5.96. The fourth-order valence-corrected chi connectivity index (χ4v) is 2.87. The Bertz CT molecular complexity index is 439. The predicted molar refractivity (Wildman–Crippen MR) is 75.6 cm³/mol. The minimum atomic E-state index is -0.334. The van der Waals surface area contributed by atoms with E-state index in [0.29, 0.717) is 13.2 Å². The van der Waals surface area contributed by atoms with E-state index in [1.165, 1.54) is 0 Å². The number of ether oxygens (including phenoxy) is 4. The van der Waals surface area contributed by atoms with E-state index in [9.17, 15) is 0 Å². The molecule has 0 saturated carbocycles. The van der Waals surface area contributed by atoms with E-state index in [1.54, 1.807) is 14.2 Å². The van der Waals surface area contributed by atoms with Gasteiger partial charge in [-0.25, -0.2) is 0 Å². The standard InChI is InChI=1S/C15H21NO4/c1-17-13-9-12(10-14(11-13)18-2)16-5-3-15(4-6-16)19-7-8-20-15/h9-11H,3-8H2,1-2H3. The van der Waals surface area contributed by atoms with Gasteiger partial charge in [0.05, 0.1) is 27.4 Å². The normalized spacial score (nSPS) is 21.2. The number of rotatable bonds is 3. The summed E-state index contributed by atoms with van der Waals surface area (Å²) in [4.78, 5) is 2.32. The summed E-state index contributed by atoms with van der Waals surface area (Å²) in [7, 11) is 3.34. The van der Waals surface area contributed by atoms with Gasteiger partial charge in [0.1, 0.15) is 11.5 Å².